The largest absolute Gasteiger partial charge is 0.497 e. The summed E-state index contributed by atoms with van der Waals surface area (Å²) in [7, 11) is 1.66. The van der Waals surface area contributed by atoms with Gasteiger partial charge in [-0.2, -0.15) is 16.3 Å². The van der Waals surface area contributed by atoms with Crippen LogP contribution in [0.2, 0.25) is 0 Å². The monoisotopic (exact) mass is 304 g/mol. The number of hydrogen-bond donors (Lipinski definition) is 0. The average molecular weight is 304 g/mol. The summed E-state index contributed by atoms with van der Waals surface area (Å²) in [6.45, 7) is 0. The molecule has 0 spiro atoms. The van der Waals surface area contributed by atoms with E-state index in [1.165, 1.54) is 0 Å². The van der Waals surface area contributed by atoms with Crippen molar-refractivity contribution in [1.29, 1.82) is 0 Å². The lowest BCUT2D eigenvalue weighted by molar-refractivity contribution is 0.413. The molecule has 4 nitrogen and oxygen atoms in total. The van der Waals surface area contributed by atoms with Crippen LogP contribution in [-0.2, 0) is 5.75 Å². The van der Waals surface area contributed by atoms with Crippen LogP contribution in [0.5, 0.6) is 5.75 Å². The molecule has 0 saturated carbocycles. The van der Waals surface area contributed by atoms with Crippen LogP contribution in [0.1, 0.15) is 5.82 Å². The van der Waals surface area contributed by atoms with Crippen molar-refractivity contribution >= 4 is 23.1 Å². The lowest BCUT2D eigenvalue weighted by atomic mass is 10.3. The van der Waals surface area contributed by atoms with Gasteiger partial charge in [0.1, 0.15) is 5.75 Å². The Labute approximate surface area is 124 Å². The first-order valence-electron chi connectivity index (χ1n) is 5.97. The molecule has 0 aliphatic rings. The number of rotatable bonds is 5. The first kappa shape index (κ1) is 13.2. The first-order valence-corrected chi connectivity index (χ1v) is 7.90. The number of hydrogen-bond acceptors (Lipinski definition) is 6. The summed E-state index contributed by atoms with van der Waals surface area (Å²) in [5.74, 6) is 2.79. The Balaban J connectivity index is 1.66. The van der Waals surface area contributed by atoms with Crippen molar-refractivity contribution < 1.29 is 9.26 Å². The number of benzene rings is 1. The Morgan fingerprint density at radius 1 is 1.35 bits per heavy atom. The minimum Gasteiger partial charge on any atom is -0.497 e. The summed E-state index contributed by atoms with van der Waals surface area (Å²) in [5.41, 5.74) is 0.972. The third-order valence-corrected chi connectivity index (χ3v) is 4.32. The van der Waals surface area contributed by atoms with Crippen molar-refractivity contribution in [1.82, 2.24) is 10.1 Å². The minimum absolute atomic E-state index is 0.576. The molecular formula is C14H12N2O2S2. The van der Waals surface area contributed by atoms with Gasteiger partial charge in [0.15, 0.2) is 5.82 Å². The molecule has 2 heterocycles. The van der Waals surface area contributed by atoms with Crippen LogP contribution in [-0.4, -0.2) is 17.3 Å². The fourth-order valence-electron chi connectivity index (χ4n) is 1.65. The molecule has 102 valence electrons. The van der Waals surface area contributed by atoms with Gasteiger partial charge in [-0.05, 0) is 29.6 Å². The highest BCUT2D eigenvalue weighted by atomic mass is 32.2. The van der Waals surface area contributed by atoms with Crippen molar-refractivity contribution in [2.75, 3.05) is 7.11 Å². The van der Waals surface area contributed by atoms with E-state index in [9.17, 15) is 0 Å². The van der Waals surface area contributed by atoms with Crippen molar-refractivity contribution in [2.45, 2.75) is 10.6 Å². The topological polar surface area (TPSA) is 48.2 Å². The van der Waals surface area contributed by atoms with Gasteiger partial charge in [0, 0.05) is 10.3 Å². The van der Waals surface area contributed by atoms with Gasteiger partial charge in [0.25, 0.3) is 5.89 Å². The van der Waals surface area contributed by atoms with Crippen molar-refractivity contribution in [3.8, 4) is 17.2 Å². The van der Waals surface area contributed by atoms with E-state index >= 15 is 0 Å². The molecule has 0 N–H and O–H groups in total. The van der Waals surface area contributed by atoms with Gasteiger partial charge < -0.3 is 9.26 Å². The molecule has 0 amide bonds. The SMILES string of the molecule is COc1cccc(SCc2noc(-c3ccsc3)n2)c1. The molecule has 0 radical (unpaired) electrons. The number of methoxy groups -OCH3 is 1. The molecule has 3 aromatic rings. The Morgan fingerprint density at radius 3 is 3.10 bits per heavy atom. The molecule has 0 saturated heterocycles. The van der Waals surface area contributed by atoms with E-state index < -0.39 is 0 Å². The molecule has 0 aliphatic heterocycles. The zero-order valence-electron chi connectivity index (χ0n) is 10.8. The van der Waals surface area contributed by atoms with E-state index in [1.807, 2.05) is 41.1 Å². The van der Waals surface area contributed by atoms with Crippen molar-refractivity contribution in [3.63, 3.8) is 0 Å². The fraction of sp³-hybridized carbons (Fsp3) is 0.143. The van der Waals surface area contributed by atoms with Crippen LogP contribution in [0.25, 0.3) is 11.5 Å². The van der Waals surface area contributed by atoms with E-state index in [2.05, 4.69) is 10.1 Å². The number of nitrogens with zero attached hydrogens (tertiary/aromatic N) is 2. The summed E-state index contributed by atoms with van der Waals surface area (Å²) >= 11 is 3.26. The summed E-state index contributed by atoms with van der Waals surface area (Å²) in [4.78, 5) is 5.50. The number of thiophene rings is 1. The van der Waals surface area contributed by atoms with Gasteiger partial charge in [0.2, 0.25) is 0 Å². The van der Waals surface area contributed by atoms with Gasteiger partial charge in [0.05, 0.1) is 18.4 Å². The van der Waals surface area contributed by atoms with Gasteiger partial charge >= 0.3 is 0 Å². The second-order valence-corrected chi connectivity index (χ2v) is 5.82. The van der Waals surface area contributed by atoms with Crippen LogP contribution in [0.15, 0.2) is 50.5 Å². The van der Waals surface area contributed by atoms with Crippen molar-refractivity contribution in [2.24, 2.45) is 0 Å². The molecule has 3 rings (SSSR count). The summed E-state index contributed by atoms with van der Waals surface area (Å²) in [6.07, 6.45) is 0. The predicted molar refractivity (Wildman–Crippen MR) is 80.2 cm³/mol. The summed E-state index contributed by atoms with van der Waals surface area (Å²) in [6, 6.07) is 9.88. The minimum atomic E-state index is 0.576. The Hall–Kier alpha value is -1.79. The second kappa shape index (κ2) is 6.11. The molecule has 20 heavy (non-hydrogen) atoms. The maximum Gasteiger partial charge on any atom is 0.258 e. The van der Waals surface area contributed by atoms with Gasteiger partial charge in [-0.3, -0.25) is 0 Å². The first-order chi connectivity index (χ1) is 9.85. The molecule has 1 aromatic carbocycles. The predicted octanol–water partition coefficient (Wildman–Crippen LogP) is 4.10. The lowest BCUT2D eigenvalue weighted by Crippen LogP contribution is -1.85. The highest BCUT2D eigenvalue weighted by Gasteiger charge is 2.09. The molecule has 6 heteroatoms. The third-order valence-electron chi connectivity index (χ3n) is 2.65. The van der Waals surface area contributed by atoms with E-state index in [-0.39, 0.29) is 0 Å². The zero-order valence-corrected chi connectivity index (χ0v) is 12.4. The van der Waals surface area contributed by atoms with E-state index in [0.717, 1.165) is 16.2 Å². The lowest BCUT2D eigenvalue weighted by Gasteiger charge is -2.02. The van der Waals surface area contributed by atoms with Crippen molar-refractivity contribution in [3.05, 3.63) is 46.9 Å². The zero-order chi connectivity index (χ0) is 13.8. The van der Waals surface area contributed by atoms with Gasteiger partial charge in [-0.25, -0.2) is 0 Å². The van der Waals surface area contributed by atoms with E-state index in [1.54, 1.807) is 30.2 Å². The van der Waals surface area contributed by atoms with Crippen LogP contribution < -0.4 is 4.74 Å². The third kappa shape index (κ3) is 3.02. The van der Waals surface area contributed by atoms with E-state index in [0.29, 0.717) is 17.5 Å². The molecule has 2 aromatic heterocycles. The molecular weight excluding hydrogens is 292 g/mol. The standard InChI is InChI=1S/C14H12N2O2S2/c1-17-11-3-2-4-12(7-11)20-9-13-15-14(18-16-13)10-5-6-19-8-10/h2-8H,9H2,1H3. The van der Waals surface area contributed by atoms with Gasteiger partial charge in [-0.15, -0.1) is 11.8 Å². The number of aromatic nitrogens is 2. The Morgan fingerprint density at radius 2 is 2.30 bits per heavy atom. The van der Waals surface area contributed by atoms with Gasteiger partial charge in [-0.1, -0.05) is 11.2 Å². The number of thioether (sulfide) groups is 1. The highest BCUT2D eigenvalue weighted by Crippen LogP contribution is 2.26. The van der Waals surface area contributed by atoms with E-state index in [4.69, 9.17) is 9.26 Å². The smallest absolute Gasteiger partial charge is 0.258 e. The second-order valence-electron chi connectivity index (χ2n) is 4.00. The highest BCUT2D eigenvalue weighted by molar-refractivity contribution is 7.98. The number of ether oxygens (including phenoxy) is 1. The normalized spacial score (nSPS) is 10.7. The quantitative estimate of drug-likeness (QED) is 0.664. The fourth-order valence-corrected chi connectivity index (χ4v) is 3.07. The van der Waals surface area contributed by atoms with Crippen LogP contribution in [0.3, 0.4) is 0 Å². The maximum absolute atomic E-state index is 5.25. The Bertz CT molecular complexity index is 680. The van der Waals surface area contributed by atoms with Crippen LogP contribution >= 0.6 is 23.1 Å². The summed E-state index contributed by atoms with van der Waals surface area (Å²) in [5, 5.41) is 7.98. The summed E-state index contributed by atoms with van der Waals surface area (Å²) < 4.78 is 10.4. The maximum atomic E-state index is 5.25. The Kier molecular flexibility index (Phi) is 4.03. The van der Waals surface area contributed by atoms with Crippen LogP contribution in [0, 0.1) is 0 Å². The molecule has 0 unspecified atom stereocenters. The van der Waals surface area contributed by atoms with Crippen LogP contribution in [0.4, 0.5) is 0 Å². The average Bonchev–Trinajstić information content (AvgIpc) is 3.16. The molecule has 0 aliphatic carbocycles. The molecule has 0 bridgehead atoms. The molecule has 0 fully saturated rings. The molecule has 0 atom stereocenters.